The Kier molecular flexibility index (Phi) is 13.7. The maximum absolute atomic E-state index is 13.5. The molecule has 2 N–H and O–H groups in total. The highest BCUT2D eigenvalue weighted by molar-refractivity contribution is 8.16. The monoisotopic (exact) mass is 695 g/mol. The minimum atomic E-state index is -1.67. The van der Waals surface area contributed by atoms with E-state index in [0.29, 0.717) is 17.9 Å². The number of thioether (sulfide) groups is 1. The molecule has 48 heavy (non-hydrogen) atoms. The standard InChI is InChI=1S/C31H41N3O13S/c1-8-10-21(22-12-20(41-11-9-2)13-24(38)45-22)32-30(40)31(7)15-48-28(33-31)16(3)34-47-29-25(39)27(44-19(6)37)26(43-18(5)36)23(46-29)14-42-17(4)35/h9,12-13,21,23,25-27,29,39H,2,8,10-11,14-15H2,1,3-7H3,(H,32,40)/b34-16+/t21-,23-,25-,26-,27-,29-,31?/m1/s1. The van der Waals surface area contributed by atoms with Crippen LogP contribution in [0.3, 0.4) is 0 Å². The normalized spacial score (nSPS) is 26.0. The SMILES string of the molecule is C=CCOc1cc([C@@H](CCC)NC(=O)C2(C)CSC(/C(C)=N/O[C@H]3O[C@H](COC(C)=O)[C@@H](OC(C)=O)[C@H](OC(C)=O)[C@H]3O)=N2)oc(=O)c1. The summed E-state index contributed by atoms with van der Waals surface area (Å²) in [5, 5.41) is 18.3. The Hall–Kier alpha value is -4.22. The second-order valence-electron chi connectivity index (χ2n) is 11.2. The van der Waals surface area contributed by atoms with Crippen molar-refractivity contribution < 1.29 is 57.2 Å². The van der Waals surface area contributed by atoms with E-state index in [1.54, 1.807) is 19.9 Å². The van der Waals surface area contributed by atoms with Crippen LogP contribution in [0.4, 0.5) is 0 Å². The lowest BCUT2D eigenvalue weighted by atomic mass is 9.98. The number of aliphatic hydroxyl groups is 1. The van der Waals surface area contributed by atoms with Crippen molar-refractivity contribution in [2.24, 2.45) is 10.1 Å². The van der Waals surface area contributed by atoms with Gasteiger partial charge in [0.15, 0.2) is 18.3 Å². The Morgan fingerprint density at radius 2 is 1.85 bits per heavy atom. The van der Waals surface area contributed by atoms with E-state index in [9.17, 15) is 29.1 Å². The van der Waals surface area contributed by atoms with Gasteiger partial charge in [-0.2, -0.15) is 0 Å². The molecule has 1 unspecified atom stereocenters. The van der Waals surface area contributed by atoms with E-state index in [0.717, 1.165) is 20.8 Å². The van der Waals surface area contributed by atoms with Gasteiger partial charge in [0.25, 0.3) is 6.29 Å². The van der Waals surface area contributed by atoms with Crippen molar-refractivity contribution in [3.05, 3.63) is 41.0 Å². The highest BCUT2D eigenvalue weighted by Gasteiger charge is 2.51. The number of aliphatic hydroxyl groups excluding tert-OH is 1. The maximum atomic E-state index is 13.5. The predicted octanol–water partition coefficient (Wildman–Crippen LogP) is 1.97. The molecule has 1 aromatic rings. The van der Waals surface area contributed by atoms with E-state index in [-0.39, 0.29) is 29.6 Å². The van der Waals surface area contributed by atoms with Crippen LogP contribution in [0.15, 0.2) is 44.1 Å². The van der Waals surface area contributed by atoms with Gasteiger partial charge in [-0.25, -0.2) is 4.79 Å². The van der Waals surface area contributed by atoms with Gasteiger partial charge in [-0.05, 0) is 20.3 Å². The van der Waals surface area contributed by atoms with E-state index in [4.69, 9.17) is 32.9 Å². The third kappa shape index (κ3) is 10.4. The van der Waals surface area contributed by atoms with E-state index < -0.39 is 78.3 Å². The van der Waals surface area contributed by atoms with Crippen molar-refractivity contribution in [3.63, 3.8) is 0 Å². The van der Waals surface area contributed by atoms with Crippen molar-refractivity contribution in [3.8, 4) is 5.75 Å². The Morgan fingerprint density at radius 1 is 1.17 bits per heavy atom. The quantitative estimate of drug-likeness (QED) is 0.0884. The molecule has 264 valence electrons. The Bertz CT molecular complexity index is 1480. The van der Waals surface area contributed by atoms with Gasteiger partial charge >= 0.3 is 23.5 Å². The Labute approximate surface area is 281 Å². The summed E-state index contributed by atoms with van der Waals surface area (Å²) in [7, 11) is 0. The van der Waals surface area contributed by atoms with E-state index in [1.165, 1.54) is 23.9 Å². The van der Waals surface area contributed by atoms with Crippen LogP contribution in [-0.4, -0.2) is 94.9 Å². The highest BCUT2D eigenvalue weighted by atomic mass is 32.2. The minimum absolute atomic E-state index is 0.188. The summed E-state index contributed by atoms with van der Waals surface area (Å²) >= 11 is 1.24. The third-order valence-corrected chi connectivity index (χ3v) is 8.32. The summed E-state index contributed by atoms with van der Waals surface area (Å²) in [4.78, 5) is 70.9. The van der Waals surface area contributed by atoms with Crippen molar-refractivity contribution in [2.75, 3.05) is 19.0 Å². The molecule has 0 aliphatic carbocycles. The summed E-state index contributed by atoms with van der Waals surface area (Å²) in [6, 6.07) is 2.13. The molecule has 3 rings (SSSR count). The van der Waals surface area contributed by atoms with E-state index >= 15 is 0 Å². The molecule has 3 heterocycles. The molecule has 1 amide bonds. The van der Waals surface area contributed by atoms with Crippen molar-refractivity contribution in [2.45, 2.75) is 96.7 Å². The largest absolute Gasteiger partial charge is 0.489 e. The lowest BCUT2D eigenvalue weighted by Gasteiger charge is -2.41. The van der Waals surface area contributed by atoms with Gasteiger partial charge in [-0.1, -0.05) is 31.2 Å². The number of aliphatic imine (C=N–C) groups is 1. The van der Waals surface area contributed by atoms with Crippen LogP contribution in [0.1, 0.15) is 66.2 Å². The number of hydrogen-bond acceptors (Lipinski definition) is 16. The summed E-state index contributed by atoms with van der Waals surface area (Å²) in [6.07, 6.45) is -4.49. The number of oxime groups is 1. The zero-order valence-corrected chi connectivity index (χ0v) is 28.4. The number of ether oxygens (including phenoxy) is 5. The van der Waals surface area contributed by atoms with Crippen molar-refractivity contribution >= 4 is 46.3 Å². The molecule has 0 spiro atoms. The van der Waals surface area contributed by atoms with Crippen LogP contribution < -0.4 is 15.7 Å². The topological polar surface area (TPSA) is 211 Å². The molecule has 0 radical (unpaired) electrons. The Balaban J connectivity index is 1.78. The molecule has 1 aromatic heterocycles. The molecule has 0 aromatic carbocycles. The van der Waals surface area contributed by atoms with Crippen LogP contribution in [0.2, 0.25) is 0 Å². The molecule has 2 aliphatic heterocycles. The van der Waals surface area contributed by atoms with Crippen LogP contribution >= 0.6 is 11.8 Å². The molecule has 17 heteroatoms. The van der Waals surface area contributed by atoms with Crippen LogP contribution in [0.25, 0.3) is 0 Å². The first-order valence-electron chi connectivity index (χ1n) is 15.1. The average molecular weight is 696 g/mol. The molecule has 1 saturated heterocycles. The highest BCUT2D eigenvalue weighted by Crippen LogP contribution is 2.32. The second kappa shape index (κ2) is 17.3. The zero-order chi connectivity index (χ0) is 35.6. The Morgan fingerprint density at radius 3 is 2.48 bits per heavy atom. The number of carbonyl (C=O) groups is 4. The summed E-state index contributed by atoms with van der Waals surface area (Å²) in [6.45, 7) is 11.9. The average Bonchev–Trinajstić information content (AvgIpc) is 3.43. The van der Waals surface area contributed by atoms with Gasteiger partial charge in [0.05, 0.1) is 12.1 Å². The number of carbonyl (C=O) groups excluding carboxylic acids is 4. The lowest BCUT2D eigenvalue weighted by molar-refractivity contribution is -0.306. The zero-order valence-electron chi connectivity index (χ0n) is 27.6. The van der Waals surface area contributed by atoms with E-state index in [1.807, 2.05) is 6.92 Å². The van der Waals surface area contributed by atoms with Crippen LogP contribution in [0, 0.1) is 0 Å². The maximum Gasteiger partial charge on any atom is 0.339 e. The molecular formula is C31H41N3O13S. The van der Waals surface area contributed by atoms with Gasteiger partial charge in [-0.15, -0.1) is 11.8 Å². The smallest absolute Gasteiger partial charge is 0.339 e. The second-order valence-corrected chi connectivity index (χ2v) is 12.1. The molecule has 7 atom stereocenters. The van der Waals surface area contributed by atoms with Crippen LogP contribution in [-0.2, 0) is 43.0 Å². The number of hydrogen-bond donors (Lipinski definition) is 2. The number of nitrogens with one attached hydrogen (secondary N) is 1. The minimum Gasteiger partial charge on any atom is -0.489 e. The number of amides is 1. The summed E-state index contributed by atoms with van der Waals surface area (Å²) < 4.78 is 32.1. The summed E-state index contributed by atoms with van der Waals surface area (Å²) in [5.41, 5.74) is -1.62. The third-order valence-electron chi connectivity index (χ3n) is 6.96. The fourth-order valence-electron chi connectivity index (χ4n) is 4.72. The van der Waals surface area contributed by atoms with Gasteiger partial charge in [0.2, 0.25) is 5.91 Å². The molecule has 2 aliphatic rings. The molecule has 1 fully saturated rings. The van der Waals surface area contributed by atoms with Gasteiger partial charge in [0, 0.05) is 32.6 Å². The fourth-order valence-corrected chi connectivity index (χ4v) is 5.84. The predicted molar refractivity (Wildman–Crippen MR) is 171 cm³/mol. The first-order valence-corrected chi connectivity index (χ1v) is 16.1. The van der Waals surface area contributed by atoms with Crippen molar-refractivity contribution in [1.29, 1.82) is 0 Å². The van der Waals surface area contributed by atoms with Crippen LogP contribution in [0.5, 0.6) is 5.75 Å². The van der Waals surface area contributed by atoms with Gasteiger partial charge in [0.1, 0.15) is 47.1 Å². The first-order chi connectivity index (χ1) is 22.7. The fraction of sp³-hybridized carbons (Fsp3) is 0.581. The molecule has 0 saturated carbocycles. The van der Waals surface area contributed by atoms with Crippen molar-refractivity contribution in [1.82, 2.24) is 5.32 Å². The molecule has 16 nitrogen and oxygen atoms in total. The van der Waals surface area contributed by atoms with Gasteiger partial charge in [-0.3, -0.25) is 24.2 Å². The number of rotatable bonds is 15. The molecular weight excluding hydrogens is 654 g/mol. The van der Waals surface area contributed by atoms with Gasteiger partial charge < -0.3 is 43.4 Å². The summed E-state index contributed by atoms with van der Waals surface area (Å²) in [5.74, 6) is -1.83. The lowest BCUT2D eigenvalue weighted by Crippen LogP contribution is -2.61. The first kappa shape index (κ1) is 38.2. The molecule has 0 bridgehead atoms. The number of nitrogens with zero attached hydrogens (tertiary/aromatic N) is 2. The van der Waals surface area contributed by atoms with E-state index in [2.05, 4.69) is 22.0 Å². The number of esters is 3.